The van der Waals surface area contributed by atoms with E-state index < -0.39 is 43.0 Å². The Balaban J connectivity index is 4.80. The Kier molecular flexibility index (Phi) is 9.06. The molecule has 0 aliphatic carbocycles. The van der Waals surface area contributed by atoms with Crippen LogP contribution in [0.4, 0.5) is 0 Å². The second kappa shape index (κ2) is 9.65. The third kappa shape index (κ3) is 6.29. The quantitative estimate of drug-likeness (QED) is 0.514. The smallest absolute Gasteiger partial charge is 0.303 e. The van der Waals surface area contributed by atoms with Gasteiger partial charge in [-0.05, 0) is 0 Å². The van der Waals surface area contributed by atoms with Gasteiger partial charge < -0.3 is 29.2 Å². The lowest BCUT2D eigenvalue weighted by Crippen LogP contribution is -2.50. The van der Waals surface area contributed by atoms with Crippen molar-refractivity contribution in [2.45, 2.75) is 38.3 Å². The van der Waals surface area contributed by atoms with Crippen molar-refractivity contribution < 1.29 is 38.7 Å². The largest absolute Gasteiger partial charge is 0.463 e. The average molecular weight is 294 g/mol. The maximum absolute atomic E-state index is 10.9. The summed E-state index contributed by atoms with van der Waals surface area (Å²) in [6, 6.07) is 0. The molecule has 0 aromatic carbocycles. The first-order valence-corrected chi connectivity index (χ1v) is 6.02. The van der Waals surface area contributed by atoms with Crippen molar-refractivity contribution >= 4 is 11.9 Å². The van der Waals surface area contributed by atoms with Crippen LogP contribution in [-0.4, -0.2) is 74.0 Å². The minimum absolute atomic E-state index is 0.189. The number of hydrogen-bond donors (Lipinski definition) is 2. The van der Waals surface area contributed by atoms with Gasteiger partial charge in [-0.25, -0.2) is 0 Å². The van der Waals surface area contributed by atoms with Crippen LogP contribution in [0.25, 0.3) is 0 Å². The number of carbonyl (C=O) groups is 2. The summed E-state index contributed by atoms with van der Waals surface area (Å²) in [5.41, 5.74) is 0. The zero-order valence-electron chi connectivity index (χ0n) is 12.1. The molecule has 0 aliphatic rings. The van der Waals surface area contributed by atoms with Crippen LogP contribution in [-0.2, 0) is 28.5 Å². The molecule has 8 heteroatoms. The maximum Gasteiger partial charge on any atom is 0.303 e. The number of methoxy groups -OCH3 is 2. The molecule has 4 atom stereocenters. The third-order valence-corrected chi connectivity index (χ3v) is 2.61. The Bertz CT molecular complexity index is 306. The van der Waals surface area contributed by atoms with E-state index in [9.17, 15) is 19.8 Å². The van der Waals surface area contributed by atoms with Crippen molar-refractivity contribution in [2.75, 3.05) is 27.4 Å². The Labute approximate surface area is 117 Å². The normalized spacial score (nSPS) is 16.9. The maximum atomic E-state index is 10.9. The van der Waals surface area contributed by atoms with Gasteiger partial charge in [-0.15, -0.1) is 0 Å². The van der Waals surface area contributed by atoms with Crippen molar-refractivity contribution in [1.82, 2.24) is 0 Å². The minimum Gasteiger partial charge on any atom is -0.463 e. The van der Waals surface area contributed by atoms with Crippen LogP contribution in [0.1, 0.15) is 13.8 Å². The summed E-state index contributed by atoms with van der Waals surface area (Å²) in [5.74, 6) is -1.14. The van der Waals surface area contributed by atoms with Gasteiger partial charge in [0.15, 0.2) is 6.10 Å². The number of aliphatic hydroxyl groups is 2. The minimum atomic E-state index is -1.26. The lowest BCUT2D eigenvalue weighted by Gasteiger charge is -2.31. The van der Waals surface area contributed by atoms with Crippen LogP contribution in [0.2, 0.25) is 0 Å². The van der Waals surface area contributed by atoms with Gasteiger partial charge in [0.05, 0.1) is 6.61 Å². The van der Waals surface area contributed by atoms with Gasteiger partial charge in [-0.2, -0.15) is 0 Å². The standard InChI is InChI=1S/C12H22O8/c1-7(14)19-6-10(17-3)11(16)12(18-4)9(5-13)20-8(2)15/h9-13,16H,5-6H2,1-4H3/t9-,10+,11-,12+/m1/s1. The molecular weight excluding hydrogens is 272 g/mol. The first kappa shape index (κ1) is 18.8. The Hall–Kier alpha value is -1.22. The van der Waals surface area contributed by atoms with Gasteiger partial charge in [0.25, 0.3) is 0 Å². The van der Waals surface area contributed by atoms with E-state index >= 15 is 0 Å². The molecule has 118 valence electrons. The predicted molar refractivity (Wildman–Crippen MR) is 66.9 cm³/mol. The molecule has 2 N–H and O–H groups in total. The summed E-state index contributed by atoms with van der Waals surface area (Å²) in [5, 5.41) is 19.4. The van der Waals surface area contributed by atoms with Crippen LogP contribution in [0.15, 0.2) is 0 Å². The van der Waals surface area contributed by atoms with Gasteiger partial charge >= 0.3 is 11.9 Å². The van der Waals surface area contributed by atoms with E-state index in [1.807, 2.05) is 0 Å². The fourth-order valence-corrected chi connectivity index (χ4v) is 1.65. The average Bonchev–Trinajstić information content (AvgIpc) is 2.38. The van der Waals surface area contributed by atoms with Crippen LogP contribution < -0.4 is 0 Å². The highest BCUT2D eigenvalue weighted by Gasteiger charge is 2.36. The molecule has 0 rings (SSSR count). The number of hydrogen-bond acceptors (Lipinski definition) is 8. The van der Waals surface area contributed by atoms with Gasteiger partial charge in [0, 0.05) is 28.1 Å². The molecule has 0 aromatic heterocycles. The molecule has 0 saturated carbocycles. The van der Waals surface area contributed by atoms with E-state index in [4.69, 9.17) is 18.9 Å². The van der Waals surface area contributed by atoms with Gasteiger partial charge in [0.2, 0.25) is 0 Å². The monoisotopic (exact) mass is 294 g/mol. The van der Waals surface area contributed by atoms with E-state index in [1.165, 1.54) is 28.1 Å². The first-order chi connectivity index (χ1) is 9.37. The van der Waals surface area contributed by atoms with Crippen LogP contribution in [0, 0.1) is 0 Å². The lowest BCUT2D eigenvalue weighted by molar-refractivity contribution is -0.178. The Morgan fingerprint density at radius 1 is 1.05 bits per heavy atom. The number of ether oxygens (including phenoxy) is 4. The zero-order valence-corrected chi connectivity index (χ0v) is 12.1. The topological polar surface area (TPSA) is 112 Å². The second-order valence-corrected chi connectivity index (χ2v) is 4.10. The molecule has 20 heavy (non-hydrogen) atoms. The molecule has 0 unspecified atom stereocenters. The van der Waals surface area contributed by atoms with E-state index in [0.717, 1.165) is 0 Å². The Morgan fingerprint density at radius 2 is 1.65 bits per heavy atom. The summed E-state index contributed by atoms with van der Waals surface area (Å²) in [4.78, 5) is 21.7. The van der Waals surface area contributed by atoms with Gasteiger partial charge in [-0.1, -0.05) is 0 Å². The highest BCUT2D eigenvalue weighted by atomic mass is 16.6. The molecule has 0 heterocycles. The van der Waals surface area contributed by atoms with Crippen LogP contribution in [0.5, 0.6) is 0 Å². The van der Waals surface area contributed by atoms with Crippen molar-refractivity contribution in [1.29, 1.82) is 0 Å². The van der Waals surface area contributed by atoms with Crippen LogP contribution in [0.3, 0.4) is 0 Å². The summed E-state index contributed by atoms with van der Waals surface area (Å²) in [6.45, 7) is 1.68. The van der Waals surface area contributed by atoms with E-state index in [1.54, 1.807) is 0 Å². The van der Waals surface area contributed by atoms with Crippen LogP contribution >= 0.6 is 0 Å². The van der Waals surface area contributed by atoms with Crippen molar-refractivity contribution in [3.8, 4) is 0 Å². The molecule has 0 saturated heterocycles. The summed E-state index contributed by atoms with van der Waals surface area (Å²) in [6.07, 6.45) is -4.22. The third-order valence-electron chi connectivity index (χ3n) is 2.61. The highest BCUT2D eigenvalue weighted by Crippen LogP contribution is 2.14. The Morgan fingerprint density at radius 3 is 2.00 bits per heavy atom. The summed E-state index contributed by atoms with van der Waals surface area (Å²) in [7, 11) is 2.61. The molecular formula is C12H22O8. The summed E-state index contributed by atoms with van der Waals surface area (Å²) < 4.78 is 19.7. The fourth-order valence-electron chi connectivity index (χ4n) is 1.65. The van der Waals surface area contributed by atoms with Crippen molar-refractivity contribution in [2.24, 2.45) is 0 Å². The fraction of sp³-hybridized carbons (Fsp3) is 0.833. The molecule has 0 bridgehead atoms. The second-order valence-electron chi connectivity index (χ2n) is 4.10. The van der Waals surface area contributed by atoms with E-state index in [2.05, 4.69) is 0 Å². The summed E-state index contributed by atoms with van der Waals surface area (Å²) >= 11 is 0. The number of carbonyl (C=O) groups excluding carboxylic acids is 2. The molecule has 0 spiro atoms. The van der Waals surface area contributed by atoms with Crippen molar-refractivity contribution in [3.05, 3.63) is 0 Å². The molecule has 0 fully saturated rings. The van der Waals surface area contributed by atoms with Crippen molar-refractivity contribution in [3.63, 3.8) is 0 Å². The van der Waals surface area contributed by atoms with Gasteiger partial charge in [0.1, 0.15) is 24.9 Å². The van der Waals surface area contributed by atoms with E-state index in [0.29, 0.717) is 0 Å². The molecule has 0 radical (unpaired) electrons. The molecule has 0 aliphatic heterocycles. The molecule has 8 nitrogen and oxygen atoms in total. The molecule has 0 aromatic rings. The highest BCUT2D eigenvalue weighted by molar-refractivity contribution is 5.66. The SMILES string of the molecule is CO[C@H]([C@H](O)[C@H](COC(C)=O)OC)[C@@H](CO)OC(C)=O. The molecule has 0 amide bonds. The zero-order chi connectivity index (χ0) is 15.7. The predicted octanol–water partition coefficient (Wildman–Crippen LogP) is -1.14. The number of esters is 2. The lowest BCUT2D eigenvalue weighted by atomic mass is 10.0. The van der Waals surface area contributed by atoms with E-state index in [-0.39, 0.29) is 6.61 Å². The number of aliphatic hydroxyl groups excluding tert-OH is 2. The van der Waals surface area contributed by atoms with Gasteiger partial charge in [-0.3, -0.25) is 9.59 Å². The number of rotatable bonds is 9. The first-order valence-electron chi connectivity index (χ1n) is 6.02.